The van der Waals surface area contributed by atoms with Crippen LogP contribution in [0.5, 0.6) is 5.75 Å². The molecule has 0 heterocycles. The summed E-state index contributed by atoms with van der Waals surface area (Å²) in [6.45, 7) is 1.67. The molecule has 5 nitrogen and oxygen atoms in total. The van der Waals surface area contributed by atoms with Gasteiger partial charge in [-0.1, -0.05) is 27.5 Å². The second-order valence-electron chi connectivity index (χ2n) is 4.87. The molecule has 0 aromatic heterocycles. The molecule has 1 amide bonds. The van der Waals surface area contributed by atoms with Gasteiger partial charge in [0.25, 0.3) is 5.91 Å². The summed E-state index contributed by atoms with van der Waals surface area (Å²) in [5, 5.41) is 11.6. The van der Waals surface area contributed by atoms with Gasteiger partial charge in [0.05, 0.1) is 15.1 Å². The highest BCUT2D eigenvalue weighted by molar-refractivity contribution is 9.11. The molecule has 0 aliphatic heterocycles. The molecule has 0 spiro atoms. The van der Waals surface area contributed by atoms with Gasteiger partial charge in [0.1, 0.15) is 5.75 Å². The Labute approximate surface area is 160 Å². The zero-order valence-corrected chi connectivity index (χ0v) is 16.3. The van der Waals surface area contributed by atoms with Gasteiger partial charge >= 0.3 is 5.97 Å². The van der Waals surface area contributed by atoms with E-state index in [2.05, 4.69) is 37.2 Å². The molecule has 0 saturated carbocycles. The van der Waals surface area contributed by atoms with Gasteiger partial charge in [-0.2, -0.15) is 0 Å². The first-order valence-corrected chi connectivity index (χ1v) is 8.65. The van der Waals surface area contributed by atoms with E-state index in [1.165, 1.54) is 18.2 Å². The van der Waals surface area contributed by atoms with E-state index >= 15 is 0 Å². The average Bonchev–Trinajstić information content (AvgIpc) is 2.45. The number of nitrogens with one attached hydrogen (secondary N) is 1. The average molecular weight is 478 g/mol. The lowest BCUT2D eigenvalue weighted by Gasteiger charge is -2.12. The van der Waals surface area contributed by atoms with E-state index in [0.717, 1.165) is 14.5 Å². The number of carbonyl (C=O) groups is 2. The van der Waals surface area contributed by atoms with Crippen molar-refractivity contribution in [1.82, 2.24) is 0 Å². The lowest BCUT2D eigenvalue weighted by Crippen LogP contribution is -2.20. The van der Waals surface area contributed by atoms with Crippen LogP contribution in [0.15, 0.2) is 39.3 Å². The van der Waals surface area contributed by atoms with E-state index in [1.807, 2.05) is 19.1 Å². The highest BCUT2D eigenvalue weighted by Crippen LogP contribution is 2.32. The summed E-state index contributed by atoms with van der Waals surface area (Å²) in [6, 6.07) is 7.88. The molecule has 2 aromatic carbocycles. The summed E-state index contributed by atoms with van der Waals surface area (Å²) >= 11 is 12.6. The van der Waals surface area contributed by atoms with E-state index in [9.17, 15) is 9.59 Å². The molecule has 126 valence electrons. The molecule has 0 fully saturated rings. The van der Waals surface area contributed by atoms with E-state index < -0.39 is 5.97 Å². The van der Waals surface area contributed by atoms with Crippen LogP contribution in [-0.4, -0.2) is 23.6 Å². The van der Waals surface area contributed by atoms with Gasteiger partial charge in [-0.05, 0) is 58.7 Å². The summed E-state index contributed by atoms with van der Waals surface area (Å²) in [7, 11) is 0. The smallest absolute Gasteiger partial charge is 0.337 e. The molecule has 0 aliphatic rings. The Morgan fingerprint density at radius 3 is 2.54 bits per heavy atom. The predicted molar refractivity (Wildman–Crippen MR) is 99.1 cm³/mol. The Morgan fingerprint density at radius 1 is 1.25 bits per heavy atom. The Hall–Kier alpha value is -1.57. The third-order valence-corrected chi connectivity index (χ3v) is 4.38. The maximum absolute atomic E-state index is 12.0. The van der Waals surface area contributed by atoms with Crippen molar-refractivity contribution in [2.24, 2.45) is 0 Å². The molecule has 2 aromatic rings. The number of benzene rings is 2. The Morgan fingerprint density at radius 2 is 1.96 bits per heavy atom. The Balaban J connectivity index is 2.02. The summed E-state index contributed by atoms with van der Waals surface area (Å²) in [5.74, 6) is -0.937. The lowest BCUT2D eigenvalue weighted by atomic mass is 10.2. The predicted octanol–water partition coefficient (Wildman–Crippen LogP) is 4.89. The number of amides is 1. The number of anilines is 1. The molecular weight excluding hydrogens is 465 g/mol. The normalized spacial score (nSPS) is 10.3. The monoisotopic (exact) mass is 475 g/mol. The molecule has 0 bridgehead atoms. The van der Waals surface area contributed by atoms with Crippen LogP contribution in [0.3, 0.4) is 0 Å². The molecule has 24 heavy (non-hydrogen) atoms. The van der Waals surface area contributed by atoms with Crippen LogP contribution in [0.25, 0.3) is 0 Å². The highest BCUT2D eigenvalue weighted by atomic mass is 79.9. The largest absolute Gasteiger partial charge is 0.482 e. The van der Waals surface area contributed by atoms with Gasteiger partial charge in [0, 0.05) is 10.2 Å². The number of hydrogen-bond donors (Lipinski definition) is 2. The topological polar surface area (TPSA) is 75.6 Å². The molecule has 0 radical (unpaired) electrons. The third kappa shape index (κ3) is 4.72. The van der Waals surface area contributed by atoms with Crippen LogP contribution >= 0.6 is 43.5 Å². The molecule has 0 unspecified atom stereocenters. The molecular formula is C16H12Br2ClNO4. The first-order chi connectivity index (χ1) is 11.3. The van der Waals surface area contributed by atoms with Crippen molar-refractivity contribution in [2.75, 3.05) is 11.9 Å². The number of ether oxygens (including phenoxy) is 1. The second-order valence-corrected chi connectivity index (χ2v) is 7.05. The van der Waals surface area contributed by atoms with Crippen LogP contribution in [0.4, 0.5) is 5.69 Å². The molecule has 2 N–H and O–H groups in total. The zero-order chi connectivity index (χ0) is 17.9. The van der Waals surface area contributed by atoms with Gasteiger partial charge in [0.2, 0.25) is 0 Å². The van der Waals surface area contributed by atoms with Crippen molar-refractivity contribution in [1.29, 1.82) is 0 Å². The fourth-order valence-corrected chi connectivity index (χ4v) is 3.79. The standard InChI is InChI=1S/C16H12Br2ClNO4/c1-8-4-9(17)5-12(18)15(8)24-7-14(21)20-10-2-3-11(16(22)23)13(19)6-10/h2-6H,7H2,1H3,(H,20,21)(H,22,23). The maximum atomic E-state index is 12.0. The minimum Gasteiger partial charge on any atom is -0.482 e. The van der Waals surface area contributed by atoms with Crippen molar-refractivity contribution < 1.29 is 19.4 Å². The summed E-state index contributed by atoms with van der Waals surface area (Å²) in [5.41, 5.74) is 1.24. The molecule has 0 saturated heterocycles. The first-order valence-electron chi connectivity index (χ1n) is 6.69. The van der Waals surface area contributed by atoms with E-state index in [-0.39, 0.29) is 23.1 Å². The fraction of sp³-hybridized carbons (Fsp3) is 0.125. The molecule has 0 atom stereocenters. The van der Waals surface area contributed by atoms with Crippen LogP contribution in [0, 0.1) is 6.92 Å². The number of carboxylic acid groups (broad SMARTS) is 1. The number of rotatable bonds is 5. The van der Waals surface area contributed by atoms with Gasteiger partial charge in [-0.15, -0.1) is 0 Å². The quantitative estimate of drug-likeness (QED) is 0.643. The molecule has 0 aliphatic carbocycles. The minimum absolute atomic E-state index is 0.0275. The van der Waals surface area contributed by atoms with Crippen molar-refractivity contribution in [3.05, 3.63) is 55.4 Å². The SMILES string of the molecule is Cc1cc(Br)cc(Br)c1OCC(=O)Nc1ccc(C(=O)O)c(Cl)c1. The first kappa shape index (κ1) is 18.8. The van der Waals surface area contributed by atoms with Crippen LogP contribution in [-0.2, 0) is 4.79 Å². The number of halogens is 3. The van der Waals surface area contributed by atoms with Crippen LogP contribution < -0.4 is 10.1 Å². The third-order valence-electron chi connectivity index (χ3n) is 3.02. The number of carboxylic acids is 1. The summed E-state index contributed by atoms with van der Waals surface area (Å²) in [6.07, 6.45) is 0. The maximum Gasteiger partial charge on any atom is 0.337 e. The van der Waals surface area contributed by atoms with E-state index in [4.69, 9.17) is 21.4 Å². The van der Waals surface area contributed by atoms with Crippen molar-refractivity contribution in [2.45, 2.75) is 6.92 Å². The van der Waals surface area contributed by atoms with Crippen LogP contribution in [0.1, 0.15) is 15.9 Å². The minimum atomic E-state index is -1.13. The van der Waals surface area contributed by atoms with E-state index in [0.29, 0.717) is 11.4 Å². The van der Waals surface area contributed by atoms with Gasteiger partial charge in [-0.3, -0.25) is 4.79 Å². The summed E-state index contributed by atoms with van der Waals surface area (Å²) in [4.78, 5) is 22.9. The second kappa shape index (κ2) is 8.00. The van der Waals surface area contributed by atoms with Crippen molar-refractivity contribution in [3.63, 3.8) is 0 Å². The molecule has 2 rings (SSSR count). The lowest BCUT2D eigenvalue weighted by molar-refractivity contribution is -0.118. The van der Waals surface area contributed by atoms with E-state index in [1.54, 1.807) is 0 Å². The highest BCUT2D eigenvalue weighted by Gasteiger charge is 2.12. The number of aryl methyl sites for hydroxylation is 1. The van der Waals surface area contributed by atoms with Gasteiger partial charge in [-0.25, -0.2) is 4.79 Å². The zero-order valence-electron chi connectivity index (χ0n) is 12.4. The molecule has 8 heteroatoms. The van der Waals surface area contributed by atoms with Gasteiger partial charge < -0.3 is 15.2 Å². The summed E-state index contributed by atoms with van der Waals surface area (Å²) < 4.78 is 7.17. The number of hydrogen-bond acceptors (Lipinski definition) is 3. The van der Waals surface area contributed by atoms with Crippen LogP contribution in [0.2, 0.25) is 5.02 Å². The van der Waals surface area contributed by atoms with Gasteiger partial charge in [0.15, 0.2) is 6.61 Å². The Kier molecular flexibility index (Phi) is 6.26. The fourth-order valence-electron chi connectivity index (χ4n) is 1.97. The number of carbonyl (C=O) groups excluding carboxylic acids is 1. The van der Waals surface area contributed by atoms with Crippen molar-refractivity contribution >= 4 is 61.0 Å². The van der Waals surface area contributed by atoms with Crippen molar-refractivity contribution in [3.8, 4) is 5.75 Å². The Bertz CT molecular complexity index is 788. The number of aromatic carboxylic acids is 1.